The van der Waals surface area contributed by atoms with E-state index in [1.165, 1.54) is 25.8 Å². The summed E-state index contributed by atoms with van der Waals surface area (Å²) in [6.07, 6.45) is 4.01. The molecule has 0 saturated carbocycles. The van der Waals surface area contributed by atoms with Crippen LogP contribution in [0, 0.1) is 17.8 Å². The van der Waals surface area contributed by atoms with E-state index < -0.39 is 0 Å². The van der Waals surface area contributed by atoms with Crippen molar-refractivity contribution in [3.05, 3.63) is 0 Å². The standard InChI is InChI=1S/C13H29N/c1-6-8-13(12(5)7-2)10-14-9-11(3)4/h11-14H,6-10H2,1-5H3. The third kappa shape index (κ3) is 6.42. The fourth-order valence-electron chi connectivity index (χ4n) is 1.85. The molecule has 86 valence electrons. The smallest absolute Gasteiger partial charge is 0.00179 e. The fourth-order valence-corrected chi connectivity index (χ4v) is 1.85. The Bertz CT molecular complexity index is 120. The third-order valence-corrected chi connectivity index (χ3v) is 3.07. The molecular weight excluding hydrogens is 170 g/mol. The number of hydrogen-bond acceptors (Lipinski definition) is 1. The molecule has 14 heavy (non-hydrogen) atoms. The molecule has 0 heterocycles. The average Bonchev–Trinajstić information content (AvgIpc) is 2.15. The van der Waals surface area contributed by atoms with Gasteiger partial charge in [0.25, 0.3) is 0 Å². The van der Waals surface area contributed by atoms with E-state index in [0.29, 0.717) is 0 Å². The molecule has 0 aliphatic heterocycles. The number of nitrogens with one attached hydrogen (secondary N) is 1. The van der Waals surface area contributed by atoms with Crippen molar-refractivity contribution in [2.24, 2.45) is 17.8 Å². The molecule has 1 N–H and O–H groups in total. The maximum Gasteiger partial charge on any atom is -0.00179 e. The lowest BCUT2D eigenvalue weighted by Crippen LogP contribution is -2.29. The Morgan fingerprint density at radius 3 is 2.07 bits per heavy atom. The Labute approximate surface area is 90.7 Å². The third-order valence-electron chi connectivity index (χ3n) is 3.07. The van der Waals surface area contributed by atoms with Gasteiger partial charge in [0.05, 0.1) is 0 Å². The number of rotatable bonds is 8. The van der Waals surface area contributed by atoms with Gasteiger partial charge in [-0.3, -0.25) is 0 Å². The molecule has 0 aliphatic carbocycles. The van der Waals surface area contributed by atoms with Crippen molar-refractivity contribution >= 4 is 0 Å². The van der Waals surface area contributed by atoms with Crippen LogP contribution in [0.15, 0.2) is 0 Å². The lowest BCUT2D eigenvalue weighted by Gasteiger charge is -2.23. The Morgan fingerprint density at radius 2 is 1.64 bits per heavy atom. The normalized spacial score (nSPS) is 15.9. The topological polar surface area (TPSA) is 12.0 Å². The largest absolute Gasteiger partial charge is 0.316 e. The monoisotopic (exact) mass is 199 g/mol. The molecule has 1 heteroatoms. The lowest BCUT2D eigenvalue weighted by atomic mass is 9.88. The molecule has 0 fully saturated rings. The summed E-state index contributed by atoms with van der Waals surface area (Å²) in [7, 11) is 0. The van der Waals surface area contributed by atoms with Gasteiger partial charge in [0.15, 0.2) is 0 Å². The van der Waals surface area contributed by atoms with E-state index in [0.717, 1.165) is 24.3 Å². The molecular formula is C13H29N. The molecule has 0 aliphatic rings. The minimum Gasteiger partial charge on any atom is -0.316 e. The van der Waals surface area contributed by atoms with Crippen LogP contribution < -0.4 is 5.32 Å². The van der Waals surface area contributed by atoms with E-state index in [-0.39, 0.29) is 0 Å². The van der Waals surface area contributed by atoms with Crippen LogP contribution in [0.4, 0.5) is 0 Å². The maximum absolute atomic E-state index is 3.58. The Balaban J connectivity index is 3.72. The van der Waals surface area contributed by atoms with E-state index in [9.17, 15) is 0 Å². The van der Waals surface area contributed by atoms with E-state index in [4.69, 9.17) is 0 Å². The van der Waals surface area contributed by atoms with E-state index >= 15 is 0 Å². The van der Waals surface area contributed by atoms with Crippen molar-refractivity contribution in [2.45, 2.75) is 53.9 Å². The van der Waals surface area contributed by atoms with Gasteiger partial charge in [0.2, 0.25) is 0 Å². The maximum atomic E-state index is 3.58. The first-order valence-corrected chi connectivity index (χ1v) is 6.32. The molecule has 1 nitrogen and oxygen atoms in total. The highest BCUT2D eigenvalue weighted by molar-refractivity contribution is 4.68. The molecule has 0 aromatic rings. The van der Waals surface area contributed by atoms with Gasteiger partial charge in [-0.1, -0.05) is 47.5 Å². The molecule has 0 rings (SSSR count). The first-order valence-electron chi connectivity index (χ1n) is 6.32. The van der Waals surface area contributed by atoms with Crippen LogP contribution >= 0.6 is 0 Å². The summed E-state index contributed by atoms with van der Waals surface area (Å²) in [5.41, 5.74) is 0. The van der Waals surface area contributed by atoms with Crippen LogP contribution in [-0.2, 0) is 0 Å². The second-order valence-corrected chi connectivity index (χ2v) is 4.99. The SMILES string of the molecule is CCCC(CNCC(C)C)C(C)CC. The van der Waals surface area contributed by atoms with Gasteiger partial charge in [0.1, 0.15) is 0 Å². The molecule has 0 saturated heterocycles. The quantitative estimate of drug-likeness (QED) is 0.628. The number of hydrogen-bond donors (Lipinski definition) is 1. The van der Waals surface area contributed by atoms with Crippen LogP contribution in [0.1, 0.15) is 53.9 Å². The van der Waals surface area contributed by atoms with Crippen LogP contribution in [-0.4, -0.2) is 13.1 Å². The van der Waals surface area contributed by atoms with Crippen molar-refractivity contribution in [2.75, 3.05) is 13.1 Å². The zero-order valence-electron chi connectivity index (χ0n) is 10.8. The van der Waals surface area contributed by atoms with Crippen LogP contribution in [0.2, 0.25) is 0 Å². The summed E-state index contributed by atoms with van der Waals surface area (Å²) in [5.74, 6) is 2.52. The summed E-state index contributed by atoms with van der Waals surface area (Å²) in [4.78, 5) is 0. The van der Waals surface area contributed by atoms with Crippen molar-refractivity contribution in [1.82, 2.24) is 5.32 Å². The first kappa shape index (κ1) is 14.0. The minimum absolute atomic E-state index is 0.772. The second-order valence-electron chi connectivity index (χ2n) is 4.99. The zero-order chi connectivity index (χ0) is 11.0. The molecule has 0 spiro atoms. The predicted molar refractivity (Wildman–Crippen MR) is 65.6 cm³/mol. The van der Waals surface area contributed by atoms with Gasteiger partial charge >= 0.3 is 0 Å². The van der Waals surface area contributed by atoms with Crippen molar-refractivity contribution in [3.63, 3.8) is 0 Å². The molecule has 2 unspecified atom stereocenters. The Morgan fingerprint density at radius 1 is 1.00 bits per heavy atom. The summed E-state index contributed by atoms with van der Waals surface area (Å²) in [5, 5.41) is 3.58. The summed E-state index contributed by atoms with van der Waals surface area (Å²) in [6, 6.07) is 0. The second kappa shape index (κ2) is 8.28. The van der Waals surface area contributed by atoms with Gasteiger partial charge in [-0.25, -0.2) is 0 Å². The van der Waals surface area contributed by atoms with Gasteiger partial charge in [-0.05, 0) is 37.3 Å². The van der Waals surface area contributed by atoms with E-state index in [1.54, 1.807) is 0 Å². The van der Waals surface area contributed by atoms with Gasteiger partial charge in [-0.2, -0.15) is 0 Å². The van der Waals surface area contributed by atoms with Crippen molar-refractivity contribution < 1.29 is 0 Å². The van der Waals surface area contributed by atoms with E-state index in [2.05, 4.69) is 39.9 Å². The summed E-state index contributed by atoms with van der Waals surface area (Å²) >= 11 is 0. The summed E-state index contributed by atoms with van der Waals surface area (Å²) in [6.45, 7) is 13.9. The zero-order valence-corrected chi connectivity index (χ0v) is 10.8. The van der Waals surface area contributed by atoms with Crippen molar-refractivity contribution in [1.29, 1.82) is 0 Å². The van der Waals surface area contributed by atoms with Crippen LogP contribution in [0.3, 0.4) is 0 Å². The van der Waals surface area contributed by atoms with Crippen molar-refractivity contribution in [3.8, 4) is 0 Å². The highest BCUT2D eigenvalue weighted by atomic mass is 14.9. The molecule has 0 bridgehead atoms. The molecule has 0 amide bonds. The molecule has 0 radical (unpaired) electrons. The van der Waals surface area contributed by atoms with E-state index in [1.807, 2.05) is 0 Å². The van der Waals surface area contributed by atoms with Crippen LogP contribution in [0.5, 0.6) is 0 Å². The summed E-state index contributed by atoms with van der Waals surface area (Å²) < 4.78 is 0. The minimum atomic E-state index is 0.772. The van der Waals surface area contributed by atoms with Gasteiger partial charge in [-0.15, -0.1) is 0 Å². The molecule has 0 aromatic heterocycles. The first-order chi connectivity index (χ1) is 6.61. The molecule has 0 aromatic carbocycles. The highest BCUT2D eigenvalue weighted by Crippen LogP contribution is 2.19. The highest BCUT2D eigenvalue weighted by Gasteiger charge is 2.14. The fraction of sp³-hybridized carbons (Fsp3) is 1.00. The Kier molecular flexibility index (Phi) is 8.26. The lowest BCUT2D eigenvalue weighted by molar-refractivity contribution is 0.305. The van der Waals surface area contributed by atoms with Gasteiger partial charge in [0, 0.05) is 0 Å². The van der Waals surface area contributed by atoms with Crippen LogP contribution in [0.25, 0.3) is 0 Å². The predicted octanol–water partition coefficient (Wildman–Crippen LogP) is 3.69. The average molecular weight is 199 g/mol. The molecule has 2 atom stereocenters. The Hall–Kier alpha value is -0.0400. The van der Waals surface area contributed by atoms with Gasteiger partial charge < -0.3 is 5.32 Å².